The van der Waals surface area contributed by atoms with E-state index >= 15 is 0 Å². The van der Waals surface area contributed by atoms with E-state index in [1.807, 2.05) is 17.0 Å². The van der Waals surface area contributed by atoms with Crippen molar-refractivity contribution in [3.8, 4) is 0 Å². The average molecular weight is 678 g/mol. The number of aromatic nitrogens is 1. The summed E-state index contributed by atoms with van der Waals surface area (Å²) in [7, 11) is 0. The topological polar surface area (TPSA) is 56.8 Å². The van der Waals surface area contributed by atoms with Crippen LogP contribution >= 0.6 is 15.9 Å². The molecule has 3 saturated heterocycles. The second-order valence-electron chi connectivity index (χ2n) is 13.4. The summed E-state index contributed by atoms with van der Waals surface area (Å²) in [4.78, 5) is 38.0. The van der Waals surface area contributed by atoms with Gasteiger partial charge in [-0.1, -0.05) is 82.7 Å². The Morgan fingerprint density at radius 3 is 2.17 bits per heavy atom. The van der Waals surface area contributed by atoms with Crippen LogP contribution in [0, 0.1) is 11.3 Å². The van der Waals surface area contributed by atoms with Crippen LogP contribution in [0.1, 0.15) is 57.8 Å². The fourth-order valence-electron chi connectivity index (χ4n) is 7.80. The third kappa shape index (κ3) is 6.67. The molecule has 4 aromatic rings. The lowest BCUT2D eigenvalue weighted by Gasteiger charge is -2.39. The van der Waals surface area contributed by atoms with Gasteiger partial charge in [0.1, 0.15) is 0 Å². The van der Waals surface area contributed by atoms with Crippen LogP contribution in [0.25, 0.3) is 0 Å². The molecule has 7 heteroatoms. The molecule has 0 aliphatic carbocycles. The minimum Gasteiger partial charge on any atom is -0.338 e. The van der Waals surface area contributed by atoms with Crippen LogP contribution in [-0.2, 0) is 17.8 Å². The molecule has 46 heavy (non-hydrogen) atoms. The monoisotopic (exact) mass is 676 g/mol. The Hall–Kier alpha value is -3.81. The number of hydrogen-bond donors (Lipinski definition) is 0. The highest BCUT2D eigenvalue weighted by molar-refractivity contribution is 9.10. The zero-order valence-corrected chi connectivity index (χ0v) is 27.8. The lowest BCUT2D eigenvalue weighted by Crippen LogP contribution is -2.46. The number of carbonyl (C=O) groups is 2. The number of hydrogen-bond acceptors (Lipinski definition) is 4. The number of nitrogens with zero attached hydrogens (tertiary/aromatic N) is 4. The van der Waals surface area contributed by atoms with E-state index in [9.17, 15) is 9.59 Å². The molecule has 4 heterocycles. The predicted octanol–water partition coefficient (Wildman–Crippen LogP) is 6.81. The summed E-state index contributed by atoms with van der Waals surface area (Å²) in [5, 5.41) is 0. The Labute approximate surface area is 280 Å². The maximum absolute atomic E-state index is 13.8. The lowest BCUT2D eigenvalue weighted by atomic mass is 9.76. The van der Waals surface area contributed by atoms with E-state index in [1.54, 1.807) is 12.4 Å². The van der Waals surface area contributed by atoms with Crippen molar-refractivity contribution in [1.82, 2.24) is 19.7 Å². The van der Waals surface area contributed by atoms with Gasteiger partial charge in [0.05, 0.1) is 11.0 Å². The molecule has 0 saturated carbocycles. The van der Waals surface area contributed by atoms with Crippen LogP contribution in [0.5, 0.6) is 0 Å². The Morgan fingerprint density at radius 2 is 1.48 bits per heavy atom. The number of pyridine rings is 1. The molecular formula is C39H41BrN4O2. The molecule has 7 rings (SSSR count). The van der Waals surface area contributed by atoms with E-state index in [0.29, 0.717) is 29.9 Å². The first-order chi connectivity index (χ1) is 22.5. The van der Waals surface area contributed by atoms with E-state index in [2.05, 4.69) is 110 Å². The summed E-state index contributed by atoms with van der Waals surface area (Å²) in [6.07, 6.45) is 7.05. The SMILES string of the molecule is O=C(c1cccnc1)N1C[C@H](CN2CCC3(CC2)CCN(Cc2ccc(Cc4ccc(Br)cc4)cc2)C3=O)[C@@H](c2ccccc2)C1. The van der Waals surface area contributed by atoms with Gasteiger partial charge in [0.15, 0.2) is 0 Å². The van der Waals surface area contributed by atoms with Crippen LogP contribution in [0.2, 0.25) is 0 Å². The van der Waals surface area contributed by atoms with Gasteiger partial charge in [0.25, 0.3) is 5.91 Å². The largest absolute Gasteiger partial charge is 0.338 e. The van der Waals surface area contributed by atoms with Crippen molar-refractivity contribution >= 4 is 27.7 Å². The molecule has 6 nitrogen and oxygen atoms in total. The molecule has 0 N–H and O–H groups in total. The maximum Gasteiger partial charge on any atom is 0.255 e. The number of rotatable bonds is 8. The first kappa shape index (κ1) is 30.8. The molecule has 0 unspecified atom stereocenters. The second-order valence-corrected chi connectivity index (χ2v) is 14.3. The van der Waals surface area contributed by atoms with E-state index in [4.69, 9.17) is 0 Å². The van der Waals surface area contributed by atoms with E-state index in [0.717, 1.165) is 69.4 Å². The highest BCUT2D eigenvalue weighted by Crippen LogP contribution is 2.43. The van der Waals surface area contributed by atoms with Crippen molar-refractivity contribution in [2.45, 2.75) is 38.1 Å². The number of halogens is 1. The van der Waals surface area contributed by atoms with Crippen LogP contribution in [0.15, 0.2) is 108 Å². The Bertz CT molecular complexity index is 1640. The third-order valence-electron chi connectivity index (χ3n) is 10.5. The highest BCUT2D eigenvalue weighted by atomic mass is 79.9. The molecule has 0 radical (unpaired) electrons. The van der Waals surface area contributed by atoms with Gasteiger partial charge in [0.2, 0.25) is 5.91 Å². The third-order valence-corrected chi connectivity index (χ3v) is 11.0. The van der Waals surface area contributed by atoms with Gasteiger partial charge < -0.3 is 14.7 Å². The van der Waals surface area contributed by atoms with Crippen LogP contribution < -0.4 is 0 Å². The maximum atomic E-state index is 13.8. The van der Waals surface area contributed by atoms with Crippen molar-refractivity contribution in [3.05, 3.63) is 136 Å². The molecule has 2 amide bonds. The van der Waals surface area contributed by atoms with Gasteiger partial charge in [-0.2, -0.15) is 0 Å². The molecule has 0 bridgehead atoms. The number of amides is 2. The molecule has 3 aromatic carbocycles. The Balaban J connectivity index is 0.950. The van der Waals surface area contributed by atoms with Gasteiger partial charge in [-0.15, -0.1) is 0 Å². The quantitative estimate of drug-likeness (QED) is 0.206. The van der Waals surface area contributed by atoms with E-state index in [-0.39, 0.29) is 11.3 Å². The van der Waals surface area contributed by atoms with Crippen molar-refractivity contribution in [3.63, 3.8) is 0 Å². The number of carbonyl (C=O) groups excluding carboxylic acids is 2. The average Bonchev–Trinajstić information content (AvgIpc) is 3.65. The first-order valence-electron chi connectivity index (χ1n) is 16.5. The standard InChI is InChI=1S/C39H41BrN4O2/c40-35-14-12-30(13-15-35)23-29-8-10-31(11-9-29)25-43-22-18-39(38(43)46)16-20-42(21-17-39)26-34-27-44(37(45)33-7-4-19-41-24-33)28-36(34)32-5-2-1-3-6-32/h1-15,19,24,34,36H,16-18,20-23,25-28H2/t34-,36+/m0/s1. The van der Waals surface area contributed by atoms with Gasteiger partial charge >= 0.3 is 0 Å². The molecule has 1 aromatic heterocycles. The van der Waals surface area contributed by atoms with E-state index < -0.39 is 0 Å². The Morgan fingerprint density at radius 1 is 0.804 bits per heavy atom. The molecule has 1 spiro atoms. The fraction of sp³-hybridized carbons (Fsp3) is 0.359. The summed E-state index contributed by atoms with van der Waals surface area (Å²) in [6.45, 7) is 5.78. The Kier molecular flexibility index (Phi) is 9.05. The molecule has 3 fully saturated rings. The van der Waals surface area contributed by atoms with Crippen LogP contribution in [0.3, 0.4) is 0 Å². The zero-order chi connectivity index (χ0) is 31.5. The predicted molar refractivity (Wildman–Crippen MR) is 184 cm³/mol. The molecule has 3 aliphatic heterocycles. The van der Waals surface area contributed by atoms with Gasteiger partial charge in [-0.25, -0.2) is 0 Å². The van der Waals surface area contributed by atoms with Crippen molar-refractivity contribution < 1.29 is 9.59 Å². The summed E-state index contributed by atoms with van der Waals surface area (Å²) in [6, 6.07) is 31.6. The van der Waals surface area contributed by atoms with Gasteiger partial charge in [-0.3, -0.25) is 14.6 Å². The summed E-state index contributed by atoms with van der Waals surface area (Å²) >= 11 is 3.51. The zero-order valence-electron chi connectivity index (χ0n) is 26.2. The van der Waals surface area contributed by atoms with Crippen molar-refractivity contribution in [2.24, 2.45) is 11.3 Å². The summed E-state index contributed by atoms with van der Waals surface area (Å²) < 4.78 is 1.09. The fourth-order valence-corrected chi connectivity index (χ4v) is 8.06. The number of piperidine rings is 1. The van der Waals surface area contributed by atoms with Crippen LogP contribution in [0.4, 0.5) is 0 Å². The van der Waals surface area contributed by atoms with Crippen LogP contribution in [-0.4, -0.2) is 70.8 Å². The van der Waals surface area contributed by atoms with Crippen molar-refractivity contribution in [2.75, 3.05) is 39.3 Å². The number of benzene rings is 3. The summed E-state index contributed by atoms with van der Waals surface area (Å²) in [5.41, 5.74) is 5.48. The van der Waals surface area contributed by atoms with Crippen molar-refractivity contribution in [1.29, 1.82) is 0 Å². The number of likely N-dealkylation sites (tertiary alicyclic amines) is 3. The summed E-state index contributed by atoms with van der Waals surface area (Å²) in [5.74, 6) is 1.04. The second kappa shape index (κ2) is 13.5. The van der Waals surface area contributed by atoms with Gasteiger partial charge in [-0.05, 0) is 91.2 Å². The highest BCUT2D eigenvalue weighted by Gasteiger charge is 2.48. The minimum absolute atomic E-state index is 0.0602. The minimum atomic E-state index is -0.227. The van der Waals surface area contributed by atoms with Gasteiger partial charge in [0, 0.05) is 55.5 Å². The molecule has 2 atom stereocenters. The molecule has 3 aliphatic rings. The molecule has 236 valence electrons. The van der Waals surface area contributed by atoms with E-state index in [1.165, 1.54) is 22.3 Å². The first-order valence-corrected chi connectivity index (χ1v) is 17.3. The normalized spacial score (nSPS) is 21.3. The molecular weight excluding hydrogens is 636 g/mol. The smallest absolute Gasteiger partial charge is 0.255 e. The lowest BCUT2D eigenvalue weighted by molar-refractivity contribution is -0.139.